The molecule has 21 heavy (non-hydrogen) atoms. The molecule has 5 nitrogen and oxygen atoms in total. The molecule has 2 aromatic rings. The molecule has 0 atom stereocenters. The van der Waals surface area contributed by atoms with Gasteiger partial charge in [0.2, 0.25) is 5.95 Å². The van der Waals surface area contributed by atoms with Crippen molar-refractivity contribution in [1.29, 1.82) is 0 Å². The van der Waals surface area contributed by atoms with Crippen LogP contribution in [0.15, 0.2) is 24.3 Å². The lowest BCUT2D eigenvalue weighted by Crippen LogP contribution is -2.09. The molecule has 0 unspecified atom stereocenters. The molecular weight excluding hydrogens is 264 g/mol. The number of nitrogens with zero attached hydrogens (tertiary/aromatic N) is 3. The zero-order valence-electron chi connectivity index (χ0n) is 12.9. The summed E-state index contributed by atoms with van der Waals surface area (Å²) in [6.45, 7) is 7.64. The molecule has 1 aromatic carbocycles. The average molecular weight is 286 g/mol. The first-order valence-corrected chi connectivity index (χ1v) is 7.42. The Balaban J connectivity index is 2.31. The van der Waals surface area contributed by atoms with Gasteiger partial charge in [-0.2, -0.15) is 15.0 Å². The average Bonchev–Trinajstić information content (AvgIpc) is 2.51. The molecule has 1 heterocycles. The van der Waals surface area contributed by atoms with E-state index in [-0.39, 0.29) is 0 Å². The summed E-state index contributed by atoms with van der Waals surface area (Å²) in [5, 5.41) is 3.19. The maximum Gasteiger partial charge on any atom is 0.321 e. The van der Waals surface area contributed by atoms with Gasteiger partial charge in [0, 0.05) is 12.1 Å². The standard InChI is InChI=1S/C16H22N4O/c1-4-10-17-15-18-14(13-8-6-12(3)7-9-13)19-16(20-15)21-11-5-2/h6-9H,4-5,10-11H2,1-3H3,(H,17,18,19,20). The van der Waals surface area contributed by atoms with Crippen LogP contribution in [-0.2, 0) is 0 Å². The normalized spacial score (nSPS) is 10.4. The van der Waals surface area contributed by atoms with Crippen molar-refractivity contribution >= 4 is 5.95 Å². The molecule has 0 aliphatic carbocycles. The minimum absolute atomic E-state index is 0.376. The molecule has 0 bridgehead atoms. The second-order valence-corrected chi connectivity index (χ2v) is 4.91. The van der Waals surface area contributed by atoms with Crippen molar-refractivity contribution in [2.24, 2.45) is 0 Å². The van der Waals surface area contributed by atoms with Gasteiger partial charge >= 0.3 is 6.01 Å². The molecule has 112 valence electrons. The van der Waals surface area contributed by atoms with Crippen LogP contribution in [0.4, 0.5) is 5.95 Å². The van der Waals surface area contributed by atoms with Crippen molar-refractivity contribution in [1.82, 2.24) is 15.0 Å². The summed E-state index contributed by atoms with van der Waals surface area (Å²) in [4.78, 5) is 13.2. The molecule has 0 aliphatic rings. The summed E-state index contributed by atoms with van der Waals surface area (Å²) >= 11 is 0. The molecule has 1 aromatic heterocycles. The summed E-state index contributed by atoms with van der Waals surface area (Å²) in [6.07, 6.45) is 1.93. The number of hydrogen-bond donors (Lipinski definition) is 1. The Morgan fingerprint density at radius 1 is 1.00 bits per heavy atom. The van der Waals surface area contributed by atoms with E-state index in [0.29, 0.717) is 24.4 Å². The Morgan fingerprint density at radius 3 is 2.43 bits per heavy atom. The van der Waals surface area contributed by atoms with Crippen molar-refractivity contribution in [2.75, 3.05) is 18.5 Å². The molecule has 0 saturated carbocycles. The van der Waals surface area contributed by atoms with Crippen LogP contribution in [0.2, 0.25) is 0 Å². The van der Waals surface area contributed by atoms with Crippen LogP contribution in [-0.4, -0.2) is 28.1 Å². The van der Waals surface area contributed by atoms with E-state index in [2.05, 4.69) is 41.0 Å². The van der Waals surface area contributed by atoms with Crippen LogP contribution in [0.25, 0.3) is 11.4 Å². The van der Waals surface area contributed by atoms with Crippen molar-refractivity contribution in [3.8, 4) is 17.4 Å². The fourth-order valence-electron chi connectivity index (χ4n) is 1.76. The summed E-state index contributed by atoms with van der Waals surface area (Å²) in [5.74, 6) is 1.20. The van der Waals surface area contributed by atoms with Crippen LogP contribution < -0.4 is 10.1 Å². The van der Waals surface area contributed by atoms with Gasteiger partial charge in [-0.3, -0.25) is 0 Å². The Morgan fingerprint density at radius 2 is 1.76 bits per heavy atom. The van der Waals surface area contributed by atoms with Crippen LogP contribution >= 0.6 is 0 Å². The largest absolute Gasteiger partial charge is 0.463 e. The van der Waals surface area contributed by atoms with Gasteiger partial charge in [-0.05, 0) is 19.8 Å². The monoisotopic (exact) mass is 286 g/mol. The van der Waals surface area contributed by atoms with E-state index >= 15 is 0 Å². The van der Waals surface area contributed by atoms with E-state index in [0.717, 1.165) is 24.9 Å². The predicted molar refractivity (Wildman–Crippen MR) is 84.6 cm³/mol. The number of nitrogens with one attached hydrogen (secondary N) is 1. The number of aryl methyl sites for hydroxylation is 1. The summed E-state index contributed by atoms with van der Waals surface area (Å²) < 4.78 is 5.56. The second kappa shape index (κ2) is 7.57. The van der Waals surface area contributed by atoms with Gasteiger partial charge in [-0.1, -0.05) is 43.7 Å². The molecule has 0 saturated heterocycles. The SMILES string of the molecule is CCCNc1nc(OCCC)nc(-c2ccc(C)cc2)n1. The molecule has 0 aliphatic heterocycles. The molecule has 0 fully saturated rings. The van der Waals surface area contributed by atoms with E-state index in [9.17, 15) is 0 Å². The third-order valence-corrected chi connectivity index (χ3v) is 2.89. The number of benzene rings is 1. The first kappa shape index (κ1) is 15.2. The number of hydrogen-bond acceptors (Lipinski definition) is 5. The van der Waals surface area contributed by atoms with E-state index in [1.807, 2.05) is 24.3 Å². The topological polar surface area (TPSA) is 59.9 Å². The summed E-state index contributed by atoms with van der Waals surface area (Å²) in [7, 11) is 0. The molecule has 0 radical (unpaired) electrons. The minimum atomic E-state index is 0.376. The van der Waals surface area contributed by atoms with E-state index in [1.165, 1.54) is 5.56 Å². The molecule has 1 N–H and O–H groups in total. The molecule has 5 heteroatoms. The Bertz CT molecular complexity index is 543. The zero-order valence-corrected chi connectivity index (χ0v) is 12.9. The highest BCUT2D eigenvalue weighted by atomic mass is 16.5. The van der Waals surface area contributed by atoms with Gasteiger partial charge < -0.3 is 10.1 Å². The van der Waals surface area contributed by atoms with E-state index < -0.39 is 0 Å². The Labute approximate surface area is 125 Å². The molecular formula is C16H22N4O. The van der Waals surface area contributed by atoms with Crippen molar-refractivity contribution in [3.05, 3.63) is 29.8 Å². The fourth-order valence-corrected chi connectivity index (χ4v) is 1.76. The van der Waals surface area contributed by atoms with E-state index in [1.54, 1.807) is 0 Å². The molecule has 0 amide bonds. The maximum atomic E-state index is 5.56. The van der Waals surface area contributed by atoms with Gasteiger partial charge in [-0.25, -0.2) is 0 Å². The lowest BCUT2D eigenvalue weighted by atomic mass is 10.1. The van der Waals surface area contributed by atoms with Crippen molar-refractivity contribution < 1.29 is 4.74 Å². The predicted octanol–water partition coefficient (Wildman–Crippen LogP) is 3.46. The highest BCUT2D eigenvalue weighted by molar-refractivity contribution is 5.56. The number of rotatable bonds is 7. The fraction of sp³-hybridized carbons (Fsp3) is 0.438. The van der Waals surface area contributed by atoms with Crippen molar-refractivity contribution in [2.45, 2.75) is 33.6 Å². The Kier molecular flexibility index (Phi) is 5.49. The smallest absolute Gasteiger partial charge is 0.321 e. The zero-order chi connectivity index (χ0) is 15.1. The van der Waals surface area contributed by atoms with Crippen molar-refractivity contribution in [3.63, 3.8) is 0 Å². The highest BCUT2D eigenvalue weighted by Gasteiger charge is 2.09. The van der Waals surface area contributed by atoms with Crippen LogP contribution in [0.3, 0.4) is 0 Å². The number of ether oxygens (including phenoxy) is 1. The number of anilines is 1. The van der Waals surface area contributed by atoms with Crippen LogP contribution in [0, 0.1) is 6.92 Å². The molecule has 0 spiro atoms. The maximum absolute atomic E-state index is 5.56. The quantitative estimate of drug-likeness (QED) is 0.844. The lowest BCUT2D eigenvalue weighted by Gasteiger charge is -2.09. The van der Waals surface area contributed by atoms with Gasteiger partial charge in [0.15, 0.2) is 5.82 Å². The highest BCUT2D eigenvalue weighted by Crippen LogP contribution is 2.19. The van der Waals surface area contributed by atoms with Gasteiger partial charge in [0.1, 0.15) is 0 Å². The minimum Gasteiger partial charge on any atom is -0.463 e. The molecule has 2 rings (SSSR count). The third-order valence-electron chi connectivity index (χ3n) is 2.89. The Hall–Kier alpha value is -2.17. The third kappa shape index (κ3) is 4.41. The first-order chi connectivity index (χ1) is 10.2. The lowest BCUT2D eigenvalue weighted by molar-refractivity contribution is 0.292. The number of aromatic nitrogens is 3. The van der Waals surface area contributed by atoms with Crippen LogP contribution in [0.1, 0.15) is 32.3 Å². The van der Waals surface area contributed by atoms with E-state index in [4.69, 9.17) is 4.74 Å². The second-order valence-electron chi connectivity index (χ2n) is 4.91. The van der Waals surface area contributed by atoms with Gasteiger partial charge in [0.25, 0.3) is 0 Å². The van der Waals surface area contributed by atoms with Gasteiger partial charge in [0.05, 0.1) is 6.61 Å². The van der Waals surface area contributed by atoms with Gasteiger partial charge in [-0.15, -0.1) is 0 Å². The first-order valence-electron chi connectivity index (χ1n) is 7.42. The summed E-state index contributed by atoms with van der Waals surface area (Å²) in [6, 6.07) is 8.49. The summed E-state index contributed by atoms with van der Waals surface area (Å²) in [5.41, 5.74) is 2.17. The van der Waals surface area contributed by atoms with Crippen LogP contribution in [0.5, 0.6) is 6.01 Å².